The highest BCUT2D eigenvalue weighted by molar-refractivity contribution is 5.81. The summed E-state index contributed by atoms with van der Waals surface area (Å²) >= 11 is 0. The second kappa shape index (κ2) is 7.27. The van der Waals surface area contributed by atoms with Gasteiger partial charge in [-0.3, -0.25) is 9.36 Å². The molecule has 0 radical (unpaired) electrons. The monoisotopic (exact) mass is 410 g/mol. The molecular formula is C22H26N4O4. The minimum absolute atomic E-state index is 0.149. The van der Waals surface area contributed by atoms with E-state index in [0.717, 1.165) is 22.2 Å². The summed E-state index contributed by atoms with van der Waals surface area (Å²) in [6, 6.07) is 3.85. The summed E-state index contributed by atoms with van der Waals surface area (Å²) in [6.45, 7) is 10.2. The van der Waals surface area contributed by atoms with Crippen LogP contribution in [0.1, 0.15) is 48.9 Å². The number of pyridine rings is 2. The Morgan fingerprint density at radius 2 is 2.03 bits per heavy atom. The Kier molecular flexibility index (Phi) is 4.88. The van der Waals surface area contributed by atoms with Crippen molar-refractivity contribution in [3.8, 4) is 0 Å². The minimum Gasteiger partial charge on any atom is -0.444 e. The molecule has 0 fully saturated rings. The SMILES string of the molecule is Cc1noc(C)c1Cn1c(=O)c2c(c3cccnc31)CCN(C(=O)OC(C)(C)C)C2. The molecule has 30 heavy (non-hydrogen) atoms. The average Bonchev–Trinajstić information content (AvgIpc) is 3.01. The van der Waals surface area contributed by atoms with Crippen LogP contribution in [0.4, 0.5) is 4.79 Å². The van der Waals surface area contributed by atoms with Gasteiger partial charge in [-0.15, -0.1) is 0 Å². The first-order valence-corrected chi connectivity index (χ1v) is 10.0. The third-order valence-corrected chi connectivity index (χ3v) is 5.36. The molecule has 8 heteroatoms. The highest BCUT2D eigenvalue weighted by atomic mass is 16.6. The van der Waals surface area contributed by atoms with Crippen molar-refractivity contribution in [1.29, 1.82) is 0 Å². The molecule has 1 amide bonds. The van der Waals surface area contributed by atoms with Crippen LogP contribution in [-0.2, 0) is 24.2 Å². The van der Waals surface area contributed by atoms with Gasteiger partial charge >= 0.3 is 6.09 Å². The van der Waals surface area contributed by atoms with Crippen LogP contribution in [0.3, 0.4) is 0 Å². The molecule has 0 N–H and O–H groups in total. The Bertz CT molecular complexity index is 1170. The molecule has 0 bridgehead atoms. The summed E-state index contributed by atoms with van der Waals surface area (Å²) < 4.78 is 12.4. The number of nitrogens with zero attached hydrogens (tertiary/aromatic N) is 4. The second-order valence-corrected chi connectivity index (χ2v) is 8.68. The van der Waals surface area contributed by atoms with Crippen molar-refractivity contribution < 1.29 is 14.1 Å². The van der Waals surface area contributed by atoms with Crippen LogP contribution in [0.5, 0.6) is 0 Å². The van der Waals surface area contributed by atoms with Crippen molar-refractivity contribution in [3.05, 3.63) is 56.8 Å². The number of aryl methyl sites for hydroxylation is 2. The van der Waals surface area contributed by atoms with Gasteiger partial charge in [-0.05, 0) is 58.7 Å². The molecule has 3 aromatic heterocycles. The van der Waals surface area contributed by atoms with Gasteiger partial charge in [-0.1, -0.05) is 5.16 Å². The van der Waals surface area contributed by atoms with Gasteiger partial charge in [0.15, 0.2) is 0 Å². The first kappa shape index (κ1) is 20.1. The fourth-order valence-electron chi connectivity index (χ4n) is 3.88. The van der Waals surface area contributed by atoms with E-state index >= 15 is 0 Å². The second-order valence-electron chi connectivity index (χ2n) is 8.68. The van der Waals surface area contributed by atoms with E-state index in [1.807, 2.05) is 46.8 Å². The molecule has 0 atom stereocenters. The van der Waals surface area contributed by atoms with Crippen LogP contribution in [-0.4, -0.2) is 37.8 Å². The standard InChI is InChI=1S/C22H26N4O4/c1-13-17(14(2)30-24-13)12-26-19-16(7-6-9-23-19)15-8-10-25(11-18(15)20(26)27)21(28)29-22(3,4)5/h6-7,9H,8,10-12H2,1-5H3. The van der Waals surface area contributed by atoms with Crippen molar-refractivity contribution in [2.24, 2.45) is 0 Å². The number of fused-ring (bicyclic) bond motifs is 3. The van der Waals surface area contributed by atoms with E-state index in [2.05, 4.69) is 10.1 Å². The topological polar surface area (TPSA) is 90.5 Å². The van der Waals surface area contributed by atoms with E-state index in [1.165, 1.54) is 0 Å². The van der Waals surface area contributed by atoms with Crippen molar-refractivity contribution in [2.75, 3.05) is 6.54 Å². The van der Waals surface area contributed by atoms with Crippen molar-refractivity contribution in [1.82, 2.24) is 19.6 Å². The Labute approximate surface area is 174 Å². The van der Waals surface area contributed by atoms with Gasteiger partial charge in [0.25, 0.3) is 5.56 Å². The maximum Gasteiger partial charge on any atom is 0.410 e. The number of amides is 1. The number of rotatable bonds is 2. The summed E-state index contributed by atoms with van der Waals surface area (Å²) in [5.74, 6) is 0.677. The fourth-order valence-corrected chi connectivity index (χ4v) is 3.88. The Balaban J connectivity index is 1.81. The van der Waals surface area contributed by atoms with Crippen LogP contribution in [0.2, 0.25) is 0 Å². The molecule has 0 aliphatic carbocycles. The highest BCUT2D eigenvalue weighted by Crippen LogP contribution is 2.26. The normalized spacial score (nSPS) is 14.1. The number of hydrogen-bond donors (Lipinski definition) is 0. The lowest BCUT2D eigenvalue weighted by Crippen LogP contribution is -2.43. The van der Waals surface area contributed by atoms with Crippen LogP contribution < -0.4 is 5.56 Å². The van der Waals surface area contributed by atoms with Gasteiger partial charge in [-0.2, -0.15) is 0 Å². The van der Waals surface area contributed by atoms with Crippen molar-refractivity contribution >= 4 is 17.1 Å². The molecule has 1 aliphatic heterocycles. The zero-order valence-corrected chi connectivity index (χ0v) is 18.0. The molecule has 4 rings (SSSR count). The molecular weight excluding hydrogens is 384 g/mol. The summed E-state index contributed by atoms with van der Waals surface area (Å²) in [5.41, 5.74) is 3.07. The van der Waals surface area contributed by atoms with Crippen LogP contribution in [0.15, 0.2) is 27.6 Å². The van der Waals surface area contributed by atoms with Gasteiger partial charge in [0.2, 0.25) is 0 Å². The molecule has 0 spiro atoms. The number of hydrogen-bond acceptors (Lipinski definition) is 6. The Morgan fingerprint density at radius 1 is 1.27 bits per heavy atom. The maximum atomic E-state index is 13.5. The Hall–Kier alpha value is -3.16. The Morgan fingerprint density at radius 3 is 2.70 bits per heavy atom. The first-order valence-electron chi connectivity index (χ1n) is 10.0. The summed E-state index contributed by atoms with van der Waals surface area (Å²) in [5, 5.41) is 4.93. The number of carbonyl (C=O) groups is 1. The molecule has 3 aromatic rings. The van der Waals surface area contributed by atoms with Crippen LogP contribution >= 0.6 is 0 Å². The predicted molar refractivity (Wildman–Crippen MR) is 111 cm³/mol. The lowest BCUT2D eigenvalue weighted by Gasteiger charge is -2.31. The van der Waals surface area contributed by atoms with E-state index in [1.54, 1.807) is 15.7 Å². The van der Waals surface area contributed by atoms with E-state index < -0.39 is 11.7 Å². The molecule has 0 saturated heterocycles. The predicted octanol–water partition coefficient (Wildman–Crippen LogP) is 3.34. The number of ether oxygens (including phenoxy) is 1. The van der Waals surface area contributed by atoms with Gasteiger partial charge in [0, 0.05) is 29.3 Å². The fraction of sp³-hybridized carbons (Fsp3) is 0.455. The quantitative estimate of drug-likeness (QED) is 0.644. The summed E-state index contributed by atoms with van der Waals surface area (Å²) in [7, 11) is 0. The first-order chi connectivity index (χ1) is 14.2. The number of aromatic nitrogens is 3. The molecule has 0 aromatic carbocycles. The zero-order chi connectivity index (χ0) is 21.6. The van der Waals surface area contributed by atoms with E-state index in [4.69, 9.17) is 9.26 Å². The molecule has 158 valence electrons. The third-order valence-electron chi connectivity index (χ3n) is 5.36. The lowest BCUT2D eigenvalue weighted by molar-refractivity contribution is 0.0223. The van der Waals surface area contributed by atoms with E-state index in [-0.39, 0.29) is 12.1 Å². The van der Waals surface area contributed by atoms with Crippen LogP contribution in [0.25, 0.3) is 11.0 Å². The lowest BCUT2D eigenvalue weighted by atomic mass is 9.97. The molecule has 1 aliphatic rings. The summed E-state index contributed by atoms with van der Waals surface area (Å²) in [6.07, 6.45) is 1.86. The molecule has 8 nitrogen and oxygen atoms in total. The van der Waals surface area contributed by atoms with Gasteiger partial charge in [-0.25, -0.2) is 9.78 Å². The van der Waals surface area contributed by atoms with Crippen molar-refractivity contribution in [3.63, 3.8) is 0 Å². The molecule has 4 heterocycles. The molecule has 0 saturated carbocycles. The van der Waals surface area contributed by atoms with Crippen molar-refractivity contribution in [2.45, 2.75) is 59.7 Å². The maximum absolute atomic E-state index is 13.5. The third kappa shape index (κ3) is 3.58. The number of carbonyl (C=O) groups excluding carboxylic acids is 1. The van der Waals surface area contributed by atoms with E-state index in [0.29, 0.717) is 36.5 Å². The van der Waals surface area contributed by atoms with Gasteiger partial charge in [0.05, 0.1) is 18.8 Å². The largest absolute Gasteiger partial charge is 0.444 e. The minimum atomic E-state index is -0.589. The van der Waals surface area contributed by atoms with E-state index in [9.17, 15) is 9.59 Å². The van der Waals surface area contributed by atoms with Crippen LogP contribution in [0, 0.1) is 13.8 Å². The van der Waals surface area contributed by atoms with Gasteiger partial charge in [0.1, 0.15) is 17.0 Å². The summed E-state index contributed by atoms with van der Waals surface area (Å²) in [4.78, 5) is 32.2. The molecule has 0 unspecified atom stereocenters. The average molecular weight is 410 g/mol. The van der Waals surface area contributed by atoms with Gasteiger partial charge < -0.3 is 14.2 Å². The zero-order valence-electron chi connectivity index (χ0n) is 18.0. The highest BCUT2D eigenvalue weighted by Gasteiger charge is 2.29. The smallest absolute Gasteiger partial charge is 0.410 e.